The van der Waals surface area contributed by atoms with Gasteiger partial charge in [-0.3, -0.25) is 0 Å². The van der Waals surface area contributed by atoms with Crippen molar-refractivity contribution in [1.29, 1.82) is 0 Å². The van der Waals surface area contributed by atoms with E-state index >= 15 is 0 Å². The molecule has 0 amide bonds. The summed E-state index contributed by atoms with van der Waals surface area (Å²) >= 11 is 0. The van der Waals surface area contributed by atoms with Crippen molar-refractivity contribution in [2.24, 2.45) is 0 Å². The predicted octanol–water partition coefficient (Wildman–Crippen LogP) is 3.42. The second kappa shape index (κ2) is 5.87. The third-order valence-electron chi connectivity index (χ3n) is 3.26. The highest BCUT2D eigenvalue weighted by molar-refractivity contribution is 5.60. The van der Waals surface area contributed by atoms with E-state index < -0.39 is 0 Å². The Morgan fingerprint density at radius 3 is 2.39 bits per heavy atom. The molecule has 0 unspecified atom stereocenters. The molecule has 0 atom stereocenters. The molecule has 2 heteroatoms. The fraction of sp³-hybridized carbons (Fsp3) is 0.375. The summed E-state index contributed by atoms with van der Waals surface area (Å²) in [5.74, 6) is 0. The minimum absolute atomic E-state index is 1.08. The fourth-order valence-corrected chi connectivity index (χ4v) is 2.27. The van der Waals surface area contributed by atoms with Crippen LogP contribution in [0.25, 0.3) is 11.3 Å². The van der Waals surface area contributed by atoms with Gasteiger partial charge in [-0.1, -0.05) is 30.3 Å². The van der Waals surface area contributed by atoms with Crippen molar-refractivity contribution >= 4 is 0 Å². The second-order valence-electron chi connectivity index (χ2n) is 5.03. The van der Waals surface area contributed by atoms with E-state index in [9.17, 15) is 0 Å². The topological polar surface area (TPSA) is 8.17 Å². The molecule has 0 bridgehead atoms. The maximum atomic E-state index is 2.42. The van der Waals surface area contributed by atoms with Gasteiger partial charge in [0.1, 0.15) is 0 Å². The van der Waals surface area contributed by atoms with Crippen molar-refractivity contribution in [2.75, 3.05) is 20.6 Å². The number of aromatic nitrogens is 1. The van der Waals surface area contributed by atoms with Crippen LogP contribution in [-0.2, 0) is 6.54 Å². The molecule has 2 nitrogen and oxygen atoms in total. The zero-order valence-corrected chi connectivity index (χ0v) is 11.6. The van der Waals surface area contributed by atoms with Crippen molar-refractivity contribution in [1.82, 2.24) is 9.47 Å². The maximum Gasteiger partial charge on any atom is 0.0482 e. The number of benzene rings is 1. The fourth-order valence-electron chi connectivity index (χ4n) is 2.27. The number of rotatable bonds is 5. The molecule has 0 N–H and O–H groups in total. The lowest BCUT2D eigenvalue weighted by atomic mass is 10.1. The van der Waals surface area contributed by atoms with Gasteiger partial charge in [0.05, 0.1) is 0 Å². The van der Waals surface area contributed by atoms with Crippen molar-refractivity contribution in [3.63, 3.8) is 0 Å². The minimum atomic E-state index is 1.08. The molecule has 1 aromatic carbocycles. The van der Waals surface area contributed by atoms with Crippen LogP contribution in [0.2, 0.25) is 0 Å². The van der Waals surface area contributed by atoms with Gasteiger partial charge in [0.2, 0.25) is 0 Å². The van der Waals surface area contributed by atoms with E-state index in [2.05, 4.69) is 73.0 Å². The van der Waals surface area contributed by atoms with Crippen LogP contribution in [0.5, 0.6) is 0 Å². The van der Waals surface area contributed by atoms with Crippen LogP contribution >= 0.6 is 0 Å². The van der Waals surface area contributed by atoms with Crippen LogP contribution < -0.4 is 0 Å². The Kier molecular flexibility index (Phi) is 4.21. The standard InChI is InChI=1S/C16H22N2/c1-14-10-11-16(15-8-5-4-6-9-15)18(14)13-7-12-17(2)3/h4-6,8-11H,7,12-13H2,1-3H3. The molecule has 0 fully saturated rings. The van der Waals surface area contributed by atoms with E-state index in [1.807, 2.05) is 0 Å². The summed E-state index contributed by atoms with van der Waals surface area (Å²) in [6.45, 7) is 4.40. The average molecular weight is 242 g/mol. The van der Waals surface area contributed by atoms with Gasteiger partial charge >= 0.3 is 0 Å². The molecule has 0 aliphatic carbocycles. The normalized spacial score (nSPS) is 11.1. The van der Waals surface area contributed by atoms with Gasteiger partial charge in [0.15, 0.2) is 0 Å². The minimum Gasteiger partial charge on any atom is -0.345 e. The predicted molar refractivity (Wildman–Crippen MR) is 77.8 cm³/mol. The Morgan fingerprint density at radius 2 is 1.72 bits per heavy atom. The van der Waals surface area contributed by atoms with Gasteiger partial charge in [-0.15, -0.1) is 0 Å². The summed E-state index contributed by atoms with van der Waals surface area (Å²) in [6.07, 6.45) is 1.18. The van der Waals surface area contributed by atoms with Crippen molar-refractivity contribution in [3.05, 3.63) is 48.2 Å². The van der Waals surface area contributed by atoms with Crippen LogP contribution in [0.4, 0.5) is 0 Å². The van der Waals surface area contributed by atoms with Crippen LogP contribution in [0.1, 0.15) is 12.1 Å². The number of aryl methyl sites for hydroxylation is 1. The smallest absolute Gasteiger partial charge is 0.0482 e. The van der Waals surface area contributed by atoms with Crippen LogP contribution in [0.15, 0.2) is 42.5 Å². The Balaban J connectivity index is 2.17. The number of hydrogen-bond acceptors (Lipinski definition) is 1. The first-order valence-electron chi connectivity index (χ1n) is 6.55. The molecule has 18 heavy (non-hydrogen) atoms. The highest BCUT2D eigenvalue weighted by Gasteiger charge is 2.06. The Bertz CT molecular complexity index is 483. The summed E-state index contributed by atoms with van der Waals surface area (Å²) < 4.78 is 2.42. The third-order valence-corrected chi connectivity index (χ3v) is 3.26. The summed E-state index contributed by atoms with van der Waals surface area (Å²) in [5.41, 5.74) is 3.97. The summed E-state index contributed by atoms with van der Waals surface area (Å²) in [7, 11) is 4.25. The molecule has 1 aromatic heterocycles. The van der Waals surface area contributed by atoms with Crippen molar-refractivity contribution < 1.29 is 0 Å². The van der Waals surface area contributed by atoms with Crippen molar-refractivity contribution in [3.8, 4) is 11.3 Å². The van der Waals surface area contributed by atoms with Crippen LogP contribution in [-0.4, -0.2) is 30.1 Å². The van der Waals surface area contributed by atoms with Crippen LogP contribution in [0.3, 0.4) is 0 Å². The molecule has 0 saturated heterocycles. The zero-order valence-electron chi connectivity index (χ0n) is 11.6. The summed E-state index contributed by atoms with van der Waals surface area (Å²) in [5, 5.41) is 0. The average Bonchev–Trinajstić information content (AvgIpc) is 2.72. The molecule has 0 spiro atoms. The molecule has 2 rings (SSSR count). The highest BCUT2D eigenvalue weighted by Crippen LogP contribution is 2.22. The van der Waals surface area contributed by atoms with Gasteiger partial charge < -0.3 is 9.47 Å². The van der Waals surface area contributed by atoms with Crippen LogP contribution in [0, 0.1) is 6.92 Å². The molecular weight excluding hydrogens is 220 g/mol. The maximum absolute atomic E-state index is 2.42. The van der Waals surface area contributed by atoms with Gasteiger partial charge in [-0.25, -0.2) is 0 Å². The largest absolute Gasteiger partial charge is 0.345 e. The van der Waals surface area contributed by atoms with Gasteiger partial charge in [-0.2, -0.15) is 0 Å². The zero-order chi connectivity index (χ0) is 13.0. The molecule has 96 valence electrons. The lowest BCUT2D eigenvalue weighted by molar-refractivity contribution is 0.386. The quantitative estimate of drug-likeness (QED) is 0.780. The molecule has 0 aliphatic heterocycles. The van der Waals surface area contributed by atoms with E-state index in [-0.39, 0.29) is 0 Å². The molecule has 0 aliphatic rings. The number of nitrogens with zero attached hydrogens (tertiary/aromatic N) is 2. The first-order chi connectivity index (χ1) is 8.68. The van der Waals surface area contributed by atoms with Gasteiger partial charge in [0, 0.05) is 17.9 Å². The Morgan fingerprint density at radius 1 is 1.00 bits per heavy atom. The number of hydrogen-bond donors (Lipinski definition) is 0. The molecule has 2 aromatic rings. The van der Waals surface area contributed by atoms with E-state index in [0.717, 1.165) is 13.1 Å². The highest BCUT2D eigenvalue weighted by atomic mass is 15.1. The Labute approximate surface area is 110 Å². The lowest BCUT2D eigenvalue weighted by Crippen LogP contribution is -2.15. The van der Waals surface area contributed by atoms with E-state index in [1.54, 1.807) is 0 Å². The van der Waals surface area contributed by atoms with Gasteiger partial charge in [-0.05, 0) is 51.7 Å². The SMILES string of the molecule is Cc1ccc(-c2ccccc2)n1CCCN(C)C. The first kappa shape index (κ1) is 12.9. The van der Waals surface area contributed by atoms with E-state index in [4.69, 9.17) is 0 Å². The van der Waals surface area contributed by atoms with Crippen molar-refractivity contribution in [2.45, 2.75) is 19.9 Å². The third kappa shape index (κ3) is 3.02. The molecule has 0 saturated carbocycles. The summed E-state index contributed by atoms with van der Waals surface area (Å²) in [6, 6.07) is 15.0. The second-order valence-corrected chi connectivity index (χ2v) is 5.03. The first-order valence-corrected chi connectivity index (χ1v) is 6.55. The molecule has 0 radical (unpaired) electrons. The van der Waals surface area contributed by atoms with Gasteiger partial charge in [0.25, 0.3) is 0 Å². The van der Waals surface area contributed by atoms with E-state index in [0.29, 0.717) is 0 Å². The monoisotopic (exact) mass is 242 g/mol. The Hall–Kier alpha value is -1.54. The lowest BCUT2D eigenvalue weighted by Gasteiger charge is -2.14. The van der Waals surface area contributed by atoms with E-state index in [1.165, 1.54) is 23.4 Å². The summed E-state index contributed by atoms with van der Waals surface area (Å²) in [4.78, 5) is 2.24. The molecule has 1 heterocycles. The molecular formula is C16H22N2.